The Hall–Kier alpha value is -2.33. The molecule has 4 nitrogen and oxygen atoms in total. The van der Waals surface area contributed by atoms with E-state index in [0.717, 1.165) is 5.56 Å². The van der Waals surface area contributed by atoms with E-state index >= 15 is 0 Å². The largest absolute Gasteiger partial charge is 0.476 e. The van der Waals surface area contributed by atoms with Crippen molar-refractivity contribution in [1.82, 2.24) is 5.32 Å². The minimum atomic E-state index is -0.676. The van der Waals surface area contributed by atoms with Gasteiger partial charge in [0.15, 0.2) is 0 Å². The highest BCUT2D eigenvalue weighted by molar-refractivity contribution is 5.82. The van der Waals surface area contributed by atoms with Gasteiger partial charge in [0.2, 0.25) is 6.10 Å². The van der Waals surface area contributed by atoms with Crippen molar-refractivity contribution >= 4 is 5.91 Å². The fraction of sp³-hybridized carbons (Fsp3) is 0.316. The van der Waals surface area contributed by atoms with Gasteiger partial charge in [0.1, 0.15) is 5.75 Å². The lowest BCUT2D eigenvalue weighted by atomic mass is 10.1. The first-order valence-corrected chi connectivity index (χ1v) is 8.04. The molecule has 2 aromatic rings. The molecular weight excluding hydrogens is 288 g/mol. The van der Waals surface area contributed by atoms with Crippen LogP contribution in [0.2, 0.25) is 0 Å². The Morgan fingerprint density at radius 3 is 2.30 bits per heavy atom. The summed E-state index contributed by atoms with van der Waals surface area (Å²) in [7, 11) is 0. The molecule has 0 aromatic heterocycles. The number of ether oxygens (including phenoxy) is 1. The third-order valence-electron chi connectivity index (χ3n) is 4.08. The van der Waals surface area contributed by atoms with Crippen LogP contribution in [0.3, 0.4) is 0 Å². The van der Waals surface area contributed by atoms with Crippen molar-refractivity contribution in [2.75, 3.05) is 6.54 Å². The molecule has 0 aliphatic heterocycles. The van der Waals surface area contributed by atoms with Crippen LogP contribution in [0.5, 0.6) is 5.75 Å². The van der Waals surface area contributed by atoms with Crippen LogP contribution >= 0.6 is 0 Å². The molecule has 2 atom stereocenters. The maximum absolute atomic E-state index is 12.6. The quantitative estimate of drug-likeness (QED) is 0.826. The Kier molecular flexibility index (Phi) is 4.93. The third kappa shape index (κ3) is 4.33. The molecule has 0 saturated heterocycles. The Bertz CT molecular complexity index is 626. The van der Waals surface area contributed by atoms with Crippen molar-refractivity contribution < 1.29 is 9.53 Å². The molecule has 2 unspecified atom stereocenters. The van der Waals surface area contributed by atoms with Crippen molar-refractivity contribution in [3.63, 3.8) is 0 Å². The van der Waals surface area contributed by atoms with Crippen LogP contribution in [0.15, 0.2) is 60.7 Å². The second-order valence-corrected chi connectivity index (χ2v) is 5.97. The summed E-state index contributed by atoms with van der Waals surface area (Å²) >= 11 is 0. The van der Waals surface area contributed by atoms with Gasteiger partial charge >= 0.3 is 0 Å². The number of hydrogen-bond acceptors (Lipinski definition) is 3. The summed E-state index contributed by atoms with van der Waals surface area (Å²) in [5.74, 6) is 1.07. The van der Waals surface area contributed by atoms with Gasteiger partial charge in [-0.2, -0.15) is 0 Å². The molecule has 1 saturated carbocycles. The average Bonchev–Trinajstić information content (AvgIpc) is 3.44. The van der Waals surface area contributed by atoms with E-state index in [1.165, 1.54) is 12.8 Å². The summed E-state index contributed by atoms with van der Waals surface area (Å²) < 4.78 is 5.92. The first kappa shape index (κ1) is 15.6. The van der Waals surface area contributed by atoms with Crippen molar-refractivity contribution in [2.45, 2.75) is 25.0 Å². The molecule has 0 spiro atoms. The average molecular weight is 310 g/mol. The first-order valence-electron chi connectivity index (χ1n) is 8.04. The number of amides is 1. The van der Waals surface area contributed by atoms with E-state index in [1.807, 2.05) is 60.7 Å². The van der Waals surface area contributed by atoms with Gasteiger partial charge in [0.25, 0.3) is 5.91 Å². The van der Waals surface area contributed by atoms with Crippen molar-refractivity contribution in [2.24, 2.45) is 11.7 Å². The highest BCUT2D eigenvalue weighted by Gasteiger charge is 2.30. The van der Waals surface area contributed by atoms with Crippen LogP contribution < -0.4 is 15.8 Å². The maximum atomic E-state index is 12.6. The normalized spacial score (nSPS) is 16.4. The Morgan fingerprint density at radius 2 is 1.70 bits per heavy atom. The lowest BCUT2D eigenvalue weighted by molar-refractivity contribution is -0.128. The van der Waals surface area contributed by atoms with E-state index in [1.54, 1.807) is 0 Å². The number of nitrogens with one attached hydrogen (secondary N) is 1. The van der Waals surface area contributed by atoms with Crippen molar-refractivity contribution in [3.05, 3.63) is 66.2 Å². The minimum absolute atomic E-state index is 0.0344. The second kappa shape index (κ2) is 7.29. The summed E-state index contributed by atoms with van der Waals surface area (Å²) in [4.78, 5) is 12.6. The summed E-state index contributed by atoms with van der Waals surface area (Å²) in [6, 6.07) is 18.9. The summed E-state index contributed by atoms with van der Waals surface area (Å²) in [5.41, 5.74) is 6.89. The smallest absolute Gasteiger partial charge is 0.265 e. The molecular formula is C19H22N2O2. The van der Waals surface area contributed by atoms with Crippen LogP contribution in [-0.2, 0) is 4.79 Å². The van der Waals surface area contributed by atoms with E-state index in [-0.39, 0.29) is 11.9 Å². The molecule has 1 aliphatic carbocycles. The van der Waals surface area contributed by atoms with E-state index < -0.39 is 6.10 Å². The number of para-hydroxylation sites is 1. The highest BCUT2D eigenvalue weighted by atomic mass is 16.5. The zero-order valence-electron chi connectivity index (χ0n) is 13.0. The summed E-state index contributed by atoms with van der Waals surface area (Å²) in [6.07, 6.45) is 1.66. The maximum Gasteiger partial charge on any atom is 0.265 e. The minimum Gasteiger partial charge on any atom is -0.476 e. The van der Waals surface area contributed by atoms with Gasteiger partial charge in [-0.15, -0.1) is 0 Å². The molecule has 2 aromatic carbocycles. The zero-order valence-corrected chi connectivity index (χ0v) is 13.0. The molecule has 1 aliphatic rings. The number of hydrogen-bond donors (Lipinski definition) is 2. The van der Waals surface area contributed by atoms with Gasteiger partial charge in [-0.05, 0) is 30.9 Å². The molecule has 3 N–H and O–H groups in total. The molecule has 1 fully saturated rings. The lowest BCUT2D eigenvalue weighted by Gasteiger charge is -2.20. The van der Waals surface area contributed by atoms with Gasteiger partial charge in [-0.3, -0.25) is 4.79 Å². The predicted molar refractivity (Wildman–Crippen MR) is 90.0 cm³/mol. The van der Waals surface area contributed by atoms with Gasteiger partial charge in [0, 0.05) is 18.2 Å². The molecule has 0 bridgehead atoms. The number of rotatable bonds is 7. The fourth-order valence-corrected chi connectivity index (χ4v) is 2.54. The molecule has 120 valence electrons. The van der Waals surface area contributed by atoms with E-state index in [9.17, 15) is 4.79 Å². The second-order valence-electron chi connectivity index (χ2n) is 5.97. The van der Waals surface area contributed by atoms with Crippen molar-refractivity contribution in [3.8, 4) is 5.75 Å². The number of carbonyl (C=O) groups excluding carboxylic acids is 1. The summed E-state index contributed by atoms with van der Waals surface area (Å²) in [5, 5.41) is 2.93. The van der Waals surface area contributed by atoms with E-state index in [2.05, 4.69) is 5.32 Å². The fourth-order valence-electron chi connectivity index (χ4n) is 2.54. The predicted octanol–water partition coefficient (Wildman–Crippen LogP) is 2.66. The van der Waals surface area contributed by atoms with Crippen LogP contribution in [0.4, 0.5) is 0 Å². The van der Waals surface area contributed by atoms with Crippen LogP contribution in [0, 0.1) is 5.92 Å². The van der Waals surface area contributed by atoms with Gasteiger partial charge in [-0.1, -0.05) is 48.5 Å². The summed E-state index contributed by atoms with van der Waals surface area (Å²) in [6.45, 7) is 0.491. The third-order valence-corrected chi connectivity index (χ3v) is 4.08. The molecule has 4 heteroatoms. The van der Waals surface area contributed by atoms with E-state index in [0.29, 0.717) is 18.2 Å². The lowest BCUT2D eigenvalue weighted by Crippen LogP contribution is -2.41. The van der Waals surface area contributed by atoms with Crippen LogP contribution in [0.25, 0.3) is 0 Å². The van der Waals surface area contributed by atoms with Gasteiger partial charge in [0.05, 0.1) is 0 Å². The Morgan fingerprint density at radius 1 is 1.09 bits per heavy atom. The highest BCUT2D eigenvalue weighted by Crippen LogP contribution is 2.31. The SMILES string of the molecule is NC(CNC(=O)C(Oc1ccccc1)c1ccccc1)C1CC1. The molecule has 0 heterocycles. The molecule has 23 heavy (non-hydrogen) atoms. The Labute approximate surface area is 136 Å². The first-order chi connectivity index (χ1) is 11.2. The number of benzene rings is 2. The Balaban J connectivity index is 1.70. The van der Waals surface area contributed by atoms with Crippen molar-refractivity contribution in [1.29, 1.82) is 0 Å². The van der Waals surface area contributed by atoms with Crippen LogP contribution in [0.1, 0.15) is 24.5 Å². The van der Waals surface area contributed by atoms with Gasteiger partial charge in [-0.25, -0.2) is 0 Å². The topological polar surface area (TPSA) is 64.3 Å². The van der Waals surface area contributed by atoms with E-state index in [4.69, 9.17) is 10.5 Å². The monoisotopic (exact) mass is 310 g/mol. The zero-order chi connectivity index (χ0) is 16.1. The molecule has 0 radical (unpaired) electrons. The molecule has 1 amide bonds. The molecule has 3 rings (SSSR count). The number of nitrogens with two attached hydrogens (primary N) is 1. The number of carbonyl (C=O) groups is 1. The standard InChI is InChI=1S/C19H22N2O2/c20-17(14-11-12-14)13-21-19(22)18(15-7-3-1-4-8-15)23-16-9-5-2-6-10-16/h1-10,14,17-18H,11-13,20H2,(H,21,22). The van der Waals surface area contributed by atoms with Gasteiger partial charge < -0.3 is 15.8 Å². The van der Waals surface area contributed by atoms with Crippen LogP contribution in [-0.4, -0.2) is 18.5 Å².